The van der Waals surface area contributed by atoms with Gasteiger partial charge >= 0.3 is 0 Å². The molecule has 1 fully saturated rings. The lowest BCUT2D eigenvalue weighted by molar-refractivity contribution is 0.202. The van der Waals surface area contributed by atoms with Crippen molar-refractivity contribution in [2.75, 3.05) is 18.8 Å². The molecule has 0 N–H and O–H groups in total. The summed E-state index contributed by atoms with van der Waals surface area (Å²) in [5.74, 6) is 0.0426. The normalized spacial score (nSPS) is 15.2. The van der Waals surface area contributed by atoms with Crippen molar-refractivity contribution in [1.29, 1.82) is 0 Å². The summed E-state index contributed by atoms with van der Waals surface area (Å²) >= 11 is 1.37. The van der Waals surface area contributed by atoms with E-state index in [0.717, 1.165) is 28.7 Å². The van der Waals surface area contributed by atoms with Crippen LogP contribution in [0, 0.1) is 0 Å². The molecule has 1 heterocycles. The van der Waals surface area contributed by atoms with Crippen LogP contribution in [-0.2, 0) is 11.1 Å². The number of rotatable bonds is 6. The zero-order chi connectivity index (χ0) is 20.2. The lowest BCUT2D eigenvalue weighted by atomic mass is 9.90. The lowest BCUT2D eigenvalue weighted by Crippen LogP contribution is -2.44. The summed E-state index contributed by atoms with van der Waals surface area (Å²) in [5.41, 5.74) is 5.55. The molecule has 1 aliphatic heterocycles. The van der Waals surface area contributed by atoms with Gasteiger partial charge in [-0.3, -0.25) is 9.11 Å². The maximum Gasteiger partial charge on any atom is 0.0607 e. The minimum absolute atomic E-state index is 0.0426. The lowest BCUT2D eigenvalue weighted by Gasteiger charge is -2.42. The Morgan fingerprint density at radius 2 is 1.52 bits per heavy atom. The number of nitrogens with zero attached hydrogens (tertiary/aromatic N) is 1. The van der Waals surface area contributed by atoms with Crippen molar-refractivity contribution < 1.29 is 8.76 Å². The maximum absolute atomic E-state index is 11.5. The fourth-order valence-electron chi connectivity index (χ4n) is 3.89. The SMILES string of the molecule is O=S([O-])CC(=C1CN(C(c2ccccc2)c2ccccc2)C1)c1cccc(Br)c1. The second-order valence-electron chi connectivity index (χ2n) is 7.17. The van der Waals surface area contributed by atoms with Crippen molar-refractivity contribution in [2.45, 2.75) is 6.04 Å². The van der Waals surface area contributed by atoms with Crippen LogP contribution < -0.4 is 0 Å². The predicted molar refractivity (Wildman–Crippen MR) is 121 cm³/mol. The molecule has 0 aromatic heterocycles. The first-order valence-electron chi connectivity index (χ1n) is 9.48. The quantitative estimate of drug-likeness (QED) is 0.469. The van der Waals surface area contributed by atoms with E-state index in [0.29, 0.717) is 0 Å². The summed E-state index contributed by atoms with van der Waals surface area (Å²) in [7, 11) is 0. The van der Waals surface area contributed by atoms with E-state index in [1.165, 1.54) is 16.7 Å². The van der Waals surface area contributed by atoms with Gasteiger partial charge in [-0.1, -0.05) is 99.8 Å². The Labute approximate surface area is 182 Å². The minimum atomic E-state index is -2.13. The van der Waals surface area contributed by atoms with E-state index in [1.807, 2.05) is 36.4 Å². The van der Waals surface area contributed by atoms with Gasteiger partial charge in [0, 0.05) is 23.3 Å². The van der Waals surface area contributed by atoms with Crippen LogP contribution in [0.3, 0.4) is 0 Å². The molecular weight excluding hydrogens is 446 g/mol. The monoisotopic (exact) mass is 466 g/mol. The number of hydrogen-bond acceptors (Lipinski definition) is 3. The summed E-state index contributed by atoms with van der Waals surface area (Å²) in [6.45, 7) is 1.51. The van der Waals surface area contributed by atoms with Crippen LogP contribution in [0.15, 0.2) is 95.0 Å². The molecule has 1 aliphatic rings. The van der Waals surface area contributed by atoms with Gasteiger partial charge in [-0.05, 0) is 40.0 Å². The molecule has 0 spiro atoms. The van der Waals surface area contributed by atoms with E-state index in [9.17, 15) is 8.76 Å². The van der Waals surface area contributed by atoms with Crippen LogP contribution in [0.5, 0.6) is 0 Å². The first kappa shape index (κ1) is 20.2. The van der Waals surface area contributed by atoms with Crippen molar-refractivity contribution in [3.8, 4) is 0 Å². The molecule has 0 aliphatic carbocycles. The summed E-state index contributed by atoms with van der Waals surface area (Å²) in [6.07, 6.45) is 0. The van der Waals surface area contributed by atoms with E-state index >= 15 is 0 Å². The minimum Gasteiger partial charge on any atom is -0.772 e. The van der Waals surface area contributed by atoms with Gasteiger partial charge in [0.05, 0.1) is 6.04 Å². The first-order valence-corrected chi connectivity index (χ1v) is 11.5. The van der Waals surface area contributed by atoms with Crippen molar-refractivity contribution >= 4 is 32.6 Å². The number of likely N-dealkylation sites (tertiary alicyclic amines) is 1. The van der Waals surface area contributed by atoms with Crippen LogP contribution >= 0.6 is 15.9 Å². The molecule has 1 atom stereocenters. The average Bonchev–Trinajstić information content (AvgIpc) is 2.70. The largest absolute Gasteiger partial charge is 0.772 e. The van der Waals surface area contributed by atoms with Gasteiger partial charge in [0.15, 0.2) is 0 Å². The molecule has 3 nitrogen and oxygen atoms in total. The first-order chi connectivity index (χ1) is 14.1. The zero-order valence-corrected chi connectivity index (χ0v) is 18.2. The van der Waals surface area contributed by atoms with Gasteiger partial charge in [0.2, 0.25) is 0 Å². The molecule has 0 saturated carbocycles. The highest BCUT2D eigenvalue weighted by molar-refractivity contribution is 9.10. The Morgan fingerprint density at radius 1 is 0.931 bits per heavy atom. The molecule has 4 rings (SSSR count). The molecule has 3 aromatic carbocycles. The topological polar surface area (TPSA) is 43.4 Å². The van der Waals surface area contributed by atoms with E-state index in [1.54, 1.807) is 0 Å². The third kappa shape index (κ3) is 4.75. The molecule has 0 bridgehead atoms. The summed E-state index contributed by atoms with van der Waals surface area (Å²) in [4.78, 5) is 2.39. The van der Waals surface area contributed by atoms with Gasteiger partial charge < -0.3 is 4.55 Å². The highest BCUT2D eigenvalue weighted by Gasteiger charge is 2.32. The highest BCUT2D eigenvalue weighted by Crippen LogP contribution is 2.37. The maximum atomic E-state index is 11.5. The molecule has 1 saturated heterocycles. The average molecular weight is 467 g/mol. The zero-order valence-electron chi connectivity index (χ0n) is 15.8. The fraction of sp³-hybridized carbons (Fsp3) is 0.167. The van der Waals surface area contributed by atoms with E-state index < -0.39 is 11.1 Å². The third-order valence-corrected chi connectivity index (χ3v) is 6.26. The highest BCUT2D eigenvalue weighted by atomic mass is 79.9. The Kier molecular flexibility index (Phi) is 6.40. The number of hydrogen-bond donors (Lipinski definition) is 0. The van der Waals surface area contributed by atoms with Crippen molar-refractivity contribution in [1.82, 2.24) is 4.90 Å². The second kappa shape index (κ2) is 9.18. The Morgan fingerprint density at radius 3 is 2.03 bits per heavy atom. The van der Waals surface area contributed by atoms with Crippen molar-refractivity contribution in [2.24, 2.45) is 0 Å². The van der Waals surface area contributed by atoms with Gasteiger partial charge in [-0.2, -0.15) is 0 Å². The van der Waals surface area contributed by atoms with E-state index in [4.69, 9.17) is 0 Å². The summed E-state index contributed by atoms with van der Waals surface area (Å²) < 4.78 is 24.0. The van der Waals surface area contributed by atoms with Gasteiger partial charge in [0.25, 0.3) is 0 Å². The van der Waals surface area contributed by atoms with Gasteiger partial charge in [0.1, 0.15) is 0 Å². The van der Waals surface area contributed by atoms with E-state index in [2.05, 4.69) is 69.4 Å². The predicted octanol–water partition coefficient (Wildman–Crippen LogP) is 5.19. The smallest absolute Gasteiger partial charge is 0.0607 e. The van der Waals surface area contributed by atoms with Crippen LogP contribution in [0.2, 0.25) is 0 Å². The standard InChI is InChI=1S/C24H22BrNO2S/c25-22-13-7-12-20(14-22)23(17-29(27)28)21-15-26(16-21)24(18-8-3-1-4-9-18)19-10-5-2-6-11-19/h1-14,24H,15-17H2,(H,27,28)/p-1. The van der Waals surface area contributed by atoms with Crippen molar-refractivity contribution in [3.05, 3.63) is 112 Å². The molecule has 1 unspecified atom stereocenters. The van der Waals surface area contributed by atoms with Crippen LogP contribution in [-0.4, -0.2) is 32.5 Å². The fourth-order valence-corrected chi connectivity index (χ4v) is 4.89. The van der Waals surface area contributed by atoms with Crippen LogP contribution in [0.1, 0.15) is 22.7 Å². The molecular formula is C24H21BrNO2S-. The van der Waals surface area contributed by atoms with Crippen molar-refractivity contribution in [3.63, 3.8) is 0 Å². The molecule has 0 radical (unpaired) electrons. The second-order valence-corrected chi connectivity index (χ2v) is 8.98. The summed E-state index contributed by atoms with van der Waals surface area (Å²) in [6, 6.07) is 29.0. The number of halogens is 1. The van der Waals surface area contributed by atoms with Crippen LogP contribution in [0.25, 0.3) is 5.57 Å². The Bertz CT molecular complexity index is 990. The molecule has 3 aromatic rings. The molecule has 0 amide bonds. The Hall–Kier alpha value is -2.05. The molecule has 29 heavy (non-hydrogen) atoms. The van der Waals surface area contributed by atoms with E-state index in [-0.39, 0.29) is 11.8 Å². The molecule has 148 valence electrons. The summed E-state index contributed by atoms with van der Waals surface area (Å²) in [5, 5.41) is 0. The van der Waals surface area contributed by atoms with Crippen LogP contribution in [0.4, 0.5) is 0 Å². The molecule has 5 heteroatoms. The number of benzene rings is 3. The Balaban J connectivity index is 1.66. The van der Waals surface area contributed by atoms with Gasteiger partial charge in [-0.15, -0.1) is 0 Å². The third-order valence-electron chi connectivity index (χ3n) is 5.25. The van der Waals surface area contributed by atoms with Gasteiger partial charge in [-0.25, -0.2) is 0 Å².